The van der Waals surface area contributed by atoms with Gasteiger partial charge in [-0.15, -0.1) is 0 Å². The minimum Gasteiger partial charge on any atom is -0.493 e. The van der Waals surface area contributed by atoms with Gasteiger partial charge < -0.3 is 15.2 Å². The summed E-state index contributed by atoms with van der Waals surface area (Å²) in [5.74, 6) is 0.841. The molecule has 0 saturated carbocycles. The van der Waals surface area contributed by atoms with E-state index in [2.05, 4.69) is 0 Å². The molecule has 0 aliphatic carbocycles. The minimum atomic E-state index is -0.480. The smallest absolute Gasteiger partial charge is 0.273 e. The molecule has 88 valence electrons. The van der Waals surface area contributed by atoms with Crippen molar-refractivity contribution in [3.05, 3.63) is 28.3 Å². The molecule has 16 heavy (non-hydrogen) atoms. The van der Waals surface area contributed by atoms with Gasteiger partial charge in [-0.05, 0) is 19.0 Å². The maximum atomic E-state index is 10.5. The highest BCUT2D eigenvalue weighted by Crippen LogP contribution is 2.30. The second-order valence-corrected chi connectivity index (χ2v) is 3.08. The average molecular weight is 226 g/mol. The normalized spacial score (nSPS) is 9.88. The Kier molecular flexibility index (Phi) is 4.53. The lowest BCUT2D eigenvalue weighted by atomic mass is 10.3. The van der Waals surface area contributed by atoms with Gasteiger partial charge in [-0.25, -0.2) is 0 Å². The molecule has 0 heterocycles. The monoisotopic (exact) mass is 226 g/mol. The van der Waals surface area contributed by atoms with Gasteiger partial charge in [0, 0.05) is 6.07 Å². The van der Waals surface area contributed by atoms with Gasteiger partial charge in [0.2, 0.25) is 0 Å². The summed E-state index contributed by atoms with van der Waals surface area (Å²) in [6.07, 6.45) is 0.722. The Morgan fingerprint density at radius 2 is 2.19 bits per heavy atom. The molecular weight excluding hydrogens is 212 g/mol. The summed E-state index contributed by atoms with van der Waals surface area (Å²) in [5.41, 5.74) is 5.30. The van der Waals surface area contributed by atoms with Crippen molar-refractivity contribution < 1.29 is 14.4 Å². The van der Waals surface area contributed by atoms with E-state index >= 15 is 0 Å². The first-order valence-corrected chi connectivity index (χ1v) is 4.84. The fourth-order valence-electron chi connectivity index (χ4n) is 1.15. The van der Waals surface area contributed by atoms with Crippen molar-refractivity contribution >= 4 is 5.69 Å². The van der Waals surface area contributed by atoms with E-state index in [-0.39, 0.29) is 5.69 Å². The maximum Gasteiger partial charge on any atom is 0.273 e. The molecule has 2 N–H and O–H groups in total. The van der Waals surface area contributed by atoms with E-state index < -0.39 is 4.92 Å². The van der Waals surface area contributed by atoms with Crippen molar-refractivity contribution in [1.82, 2.24) is 0 Å². The van der Waals surface area contributed by atoms with Crippen LogP contribution in [0.25, 0.3) is 0 Å². The molecule has 1 rings (SSSR count). The van der Waals surface area contributed by atoms with Crippen LogP contribution in [0, 0.1) is 10.1 Å². The number of hydrogen-bond donors (Lipinski definition) is 1. The number of benzene rings is 1. The summed E-state index contributed by atoms with van der Waals surface area (Å²) in [4.78, 5) is 10.1. The zero-order chi connectivity index (χ0) is 12.0. The van der Waals surface area contributed by atoms with E-state index in [1.165, 1.54) is 25.3 Å². The lowest BCUT2D eigenvalue weighted by molar-refractivity contribution is -0.384. The van der Waals surface area contributed by atoms with Crippen molar-refractivity contribution in [2.24, 2.45) is 5.73 Å². The molecule has 0 aliphatic heterocycles. The number of nitrogens with two attached hydrogens (primary N) is 1. The highest BCUT2D eigenvalue weighted by molar-refractivity contribution is 5.48. The topological polar surface area (TPSA) is 87.6 Å². The summed E-state index contributed by atoms with van der Waals surface area (Å²) >= 11 is 0. The highest BCUT2D eigenvalue weighted by atomic mass is 16.6. The molecule has 6 heteroatoms. The molecule has 0 amide bonds. The number of methoxy groups -OCH3 is 1. The van der Waals surface area contributed by atoms with Gasteiger partial charge >= 0.3 is 0 Å². The number of nitro groups is 1. The summed E-state index contributed by atoms with van der Waals surface area (Å²) in [6.45, 7) is 1.000. The maximum absolute atomic E-state index is 10.5. The molecule has 0 fully saturated rings. The Hall–Kier alpha value is -1.82. The Bertz CT molecular complexity index is 368. The lowest BCUT2D eigenvalue weighted by Crippen LogP contribution is -2.06. The van der Waals surface area contributed by atoms with Crippen LogP contribution in [0.3, 0.4) is 0 Å². The molecule has 1 aromatic carbocycles. The van der Waals surface area contributed by atoms with E-state index in [1.807, 2.05) is 0 Å². The second kappa shape index (κ2) is 5.92. The van der Waals surface area contributed by atoms with Gasteiger partial charge in [0.05, 0.1) is 24.7 Å². The van der Waals surface area contributed by atoms with Gasteiger partial charge in [-0.2, -0.15) is 0 Å². The molecule has 0 atom stereocenters. The van der Waals surface area contributed by atoms with E-state index in [4.69, 9.17) is 15.2 Å². The van der Waals surface area contributed by atoms with Crippen molar-refractivity contribution in [3.8, 4) is 11.5 Å². The Labute approximate surface area is 93.1 Å². The molecular formula is C10H14N2O4. The number of rotatable bonds is 6. The highest BCUT2D eigenvalue weighted by Gasteiger charge is 2.11. The molecule has 0 radical (unpaired) electrons. The van der Waals surface area contributed by atoms with Crippen LogP contribution in [0.2, 0.25) is 0 Å². The number of hydrogen-bond acceptors (Lipinski definition) is 5. The van der Waals surface area contributed by atoms with Gasteiger partial charge in [-0.3, -0.25) is 10.1 Å². The number of non-ortho nitro benzene ring substituents is 1. The quantitative estimate of drug-likeness (QED) is 0.449. The third kappa shape index (κ3) is 3.09. The van der Waals surface area contributed by atoms with Crippen LogP contribution < -0.4 is 15.2 Å². The average Bonchev–Trinajstić information content (AvgIpc) is 2.29. The number of ether oxygens (including phenoxy) is 2. The molecule has 0 spiro atoms. The van der Waals surface area contributed by atoms with E-state index in [1.54, 1.807) is 0 Å². The first-order valence-electron chi connectivity index (χ1n) is 4.84. The van der Waals surface area contributed by atoms with Crippen LogP contribution in [0.4, 0.5) is 5.69 Å². The Balaban J connectivity index is 2.80. The standard InChI is InChI=1S/C10H14N2O4/c1-15-10-7-8(12(13)14)3-4-9(10)16-6-2-5-11/h3-4,7H,2,5-6,11H2,1H3. The lowest BCUT2D eigenvalue weighted by Gasteiger charge is -2.09. The number of nitrogens with zero attached hydrogens (tertiary/aromatic N) is 1. The van der Waals surface area contributed by atoms with Gasteiger partial charge in [0.25, 0.3) is 5.69 Å². The van der Waals surface area contributed by atoms with Crippen molar-refractivity contribution in [2.75, 3.05) is 20.3 Å². The van der Waals surface area contributed by atoms with Gasteiger partial charge in [0.1, 0.15) is 0 Å². The zero-order valence-electron chi connectivity index (χ0n) is 9.01. The molecule has 0 aliphatic rings. The first kappa shape index (κ1) is 12.3. The first-order chi connectivity index (χ1) is 7.69. The van der Waals surface area contributed by atoms with Crippen LogP contribution in [0.5, 0.6) is 11.5 Å². The third-order valence-corrected chi connectivity index (χ3v) is 1.96. The van der Waals surface area contributed by atoms with Crippen LogP contribution in [-0.4, -0.2) is 25.2 Å². The van der Waals surface area contributed by atoms with E-state index in [9.17, 15) is 10.1 Å². The fourth-order valence-corrected chi connectivity index (χ4v) is 1.15. The Morgan fingerprint density at radius 3 is 2.75 bits per heavy atom. The molecule has 0 aromatic heterocycles. The van der Waals surface area contributed by atoms with Crippen LogP contribution in [0.15, 0.2) is 18.2 Å². The van der Waals surface area contributed by atoms with Crippen molar-refractivity contribution in [1.29, 1.82) is 0 Å². The predicted molar refractivity (Wildman–Crippen MR) is 58.8 cm³/mol. The largest absolute Gasteiger partial charge is 0.493 e. The number of nitro benzene ring substituents is 1. The molecule has 0 saturated heterocycles. The van der Waals surface area contributed by atoms with E-state index in [0.717, 1.165) is 6.42 Å². The van der Waals surface area contributed by atoms with Crippen molar-refractivity contribution in [3.63, 3.8) is 0 Å². The van der Waals surface area contributed by atoms with Crippen LogP contribution in [-0.2, 0) is 0 Å². The van der Waals surface area contributed by atoms with Crippen molar-refractivity contribution in [2.45, 2.75) is 6.42 Å². The molecule has 1 aromatic rings. The summed E-state index contributed by atoms with van der Waals surface area (Å²) in [6, 6.07) is 4.23. The SMILES string of the molecule is COc1cc([N+](=O)[O-])ccc1OCCCN. The molecule has 6 nitrogen and oxygen atoms in total. The second-order valence-electron chi connectivity index (χ2n) is 3.08. The van der Waals surface area contributed by atoms with Gasteiger partial charge in [0.15, 0.2) is 11.5 Å². The predicted octanol–water partition coefficient (Wildman–Crippen LogP) is 1.33. The summed E-state index contributed by atoms with van der Waals surface area (Å²) in [7, 11) is 1.44. The van der Waals surface area contributed by atoms with Crippen LogP contribution in [0.1, 0.15) is 6.42 Å². The zero-order valence-corrected chi connectivity index (χ0v) is 9.01. The minimum absolute atomic E-state index is 0.0250. The molecule has 0 unspecified atom stereocenters. The van der Waals surface area contributed by atoms with E-state index in [0.29, 0.717) is 24.7 Å². The third-order valence-electron chi connectivity index (χ3n) is 1.96. The van der Waals surface area contributed by atoms with Crippen LogP contribution >= 0.6 is 0 Å². The molecule has 0 bridgehead atoms. The summed E-state index contributed by atoms with van der Waals surface area (Å²) < 4.78 is 10.4. The summed E-state index contributed by atoms with van der Waals surface area (Å²) in [5, 5.41) is 10.5. The Morgan fingerprint density at radius 1 is 1.44 bits per heavy atom. The van der Waals surface area contributed by atoms with Gasteiger partial charge in [-0.1, -0.05) is 0 Å². The fraction of sp³-hybridized carbons (Fsp3) is 0.400.